The van der Waals surface area contributed by atoms with Crippen molar-refractivity contribution in [1.82, 2.24) is 9.80 Å². The molecule has 2 rings (SSSR count). The van der Waals surface area contributed by atoms with Crippen molar-refractivity contribution in [3.05, 3.63) is 29.3 Å². The number of hydrogen-bond donors (Lipinski definition) is 1. The van der Waals surface area contributed by atoms with Gasteiger partial charge in [0.05, 0.1) is 6.54 Å². The van der Waals surface area contributed by atoms with Gasteiger partial charge in [0.1, 0.15) is 0 Å². The predicted octanol–water partition coefficient (Wildman–Crippen LogP) is 3.72. The van der Waals surface area contributed by atoms with Gasteiger partial charge in [-0.15, -0.1) is 0 Å². The summed E-state index contributed by atoms with van der Waals surface area (Å²) in [4.78, 5) is 17.0. The Morgan fingerprint density at radius 2 is 1.88 bits per heavy atom. The van der Waals surface area contributed by atoms with Crippen molar-refractivity contribution in [2.45, 2.75) is 33.6 Å². The van der Waals surface area contributed by atoms with E-state index in [4.69, 9.17) is 11.6 Å². The van der Waals surface area contributed by atoms with E-state index in [9.17, 15) is 4.79 Å². The van der Waals surface area contributed by atoms with Gasteiger partial charge in [-0.3, -0.25) is 9.69 Å². The Bertz CT molecular complexity index is 542. The Morgan fingerprint density at radius 1 is 1.17 bits per heavy atom. The van der Waals surface area contributed by atoms with Crippen LogP contribution < -0.4 is 5.32 Å². The SMILES string of the molecule is CC(C)(C)CCN1CCCN(CC(=O)Nc2cccc(Cl)c2)CC1. The number of anilines is 1. The van der Waals surface area contributed by atoms with Crippen LogP contribution in [0.4, 0.5) is 5.69 Å². The molecule has 134 valence electrons. The smallest absolute Gasteiger partial charge is 0.238 e. The summed E-state index contributed by atoms with van der Waals surface area (Å²) in [6, 6.07) is 7.28. The van der Waals surface area contributed by atoms with Crippen molar-refractivity contribution in [3.63, 3.8) is 0 Å². The second-order valence-corrected chi connectivity index (χ2v) is 8.28. The van der Waals surface area contributed by atoms with Crippen LogP contribution in [0.3, 0.4) is 0 Å². The lowest BCUT2D eigenvalue weighted by atomic mass is 9.92. The molecule has 1 fully saturated rings. The summed E-state index contributed by atoms with van der Waals surface area (Å²) in [6.45, 7) is 12.6. The highest BCUT2D eigenvalue weighted by Gasteiger charge is 2.19. The van der Waals surface area contributed by atoms with Crippen molar-refractivity contribution in [2.24, 2.45) is 5.41 Å². The minimum absolute atomic E-state index is 0.0282. The Hall–Kier alpha value is -1.10. The first-order chi connectivity index (χ1) is 11.3. The van der Waals surface area contributed by atoms with E-state index in [1.165, 1.54) is 6.42 Å². The van der Waals surface area contributed by atoms with Gasteiger partial charge in [-0.2, -0.15) is 0 Å². The third kappa shape index (κ3) is 7.20. The molecule has 5 heteroatoms. The molecule has 1 aliphatic heterocycles. The Morgan fingerprint density at radius 3 is 2.58 bits per heavy atom. The minimum Gasteiger partial charge on any atom is -0.325 e. The van der Waals surface area contributed by atoms with Crippen LogP contribution in [0.25, 0.3) is 0 Å². The number of carbonyl (C=O) groups excluding carboxylic acids is 1. The highest BCUT2D eigenvalue weighted by Crippen LogP contribution is 2.19. The standard InChI is InChI=1S/C19H30ClN3O/c1-19(2,3)8-11-22-9-5-10-23(13-12-22)15-18(24)21-17-7-4-6-16(20)14-17/h4,6-7,14H,5,8-13,15H2,1-3H3,(H,21,24). The zero-order valence-electron chi connectivity index (χ0n) is 15.1. The average molecular weight is 352 g/mol. The third-order valence-corrected chi connectivity index (χ3v) is 4.57. The van der Waals surface area contributed by atoms with Crippen LogP contribution in [-0.4, -0.2) is 55.0 Å². The van der Waals surface area contributed by atoms with Crippen LogP contribution in [0.15, 0.2) is 24.3 Å². The quantitative estimate of drug-likeness (QED) is 0.878. The third-order valence-electron chi connectivity index (χ3n) is 4.33. The lowest BCUT2D eigenvalue weighted by molar-refractivity contribution is -0.117. The fraction of sp³-hybridized carbons (Fsp3) is 0.632. The zero-order chi connectivity index (χ0) is 17.6. The molecule has 1 aromatic carbocycles. The second kappa shape index (κ2) is 8.84. The van der Waals surface area contributed by atoms with Gasteiger partial charge >= 0.3 is 0 Å². The van der Waals surface area contributed by atoms with E-state index < -0.39 is 0 Å². The molecule has 1 N–H and O–H groups in total. The molecule has 0 unspecified atom stereocenters. The fourth-order valence-electron chi connectivity index (χ4n) is 2.87. The van der Waals surface area contributed by atoms with E-state index in [0.717, 1.165) is 44.8 Å². The molecule has 4 nitrogen and oxygen atoms in total. The highest BCUT2D eigenvalue weighted by atomic mass is 35.5. The van der Waals surface area contributed by atoms with Crippen LogP contribution in [0.2, 0.25) is 5.02 Å². The summed E-state index contributed by atoms with van der Waals surface area (Å²) >= 11 is 5.95. The maximum atomic E-state index is 12.2. The highest BCUT2D eigenvalue weighted by molar-refractivity contribution is 6.30. The lowest BCUT2D eigenvalue weighted by Crippen LogP contribution is -2.36. The van der Waals surface area contributed by atoms with Gasteiger partial charge in [0.25, 0.3) is 0 Å². The summed E-state index contributed by atoms with van der Waals surface area (Å²) in [5.41, 5.74) is 1.14. The number of nitrogens with zero attached hydrogens (tertiary/aromatic N) is 2. The first-order valence-corrected chi connectivity index (χ1v) is 9.20. The molecular weight excluding hydrogens is 322 g/mol. The molecule has 0 saturated carbocycles. The van der Waals surface area contributed by atoms with Crippen LogP contribution >= 0.6 is 11.6 Å². The maximum Gasteiger partial charge on any atom is 0.238 e. The summed E-state index contributed by atoms with van der Waals surface area (Å²) in [6.07, 6.45) is 2.33. The van der Waals surface area contributed by atoms with Gasteiger partial charge in [0, 0.05) is 23.8 Å². The Labute approximate surface area is 151 Å². The van der Waals surface area contributed by atoms with Gasteiger partial charge in [-0.1, -0.05) is 38.4 Å². The second-order valence-electron chi connectivity index (χ2n) is 7.84. The van der Waals surface area contributed by atoms with Crippen molar-refractivity contribution >= 4 is 23.2 Å². The van der Waals surface area contributed by atoms with Crippen LogP contribution in [0.1, 0.15) is 33.6 Å². The lowest BCUT2D eigenvalue weighted by Gasteiger charge is -2.25. The molecule has 0 bridgehead atoms. The number of rotatable bonds is 5. The number of halogens is 1. The molecule has 0 aliphatic carbocycles. The van der Waals surface area contributed by atoms with E-state index in [2.05, 4.69) is 35.9 Å². The molecular formula is C19H30ClN3O. The number of amides is 1. The van der Waals surface area contributed by atoms with E-state index in [1.807, 2.05) is 12.1 Å². The summed E-state index contributed by atoms with van der Waals surface area (Å²) in [5, 5.41) is 3.56. The molecule has 0 spiro atoms. The van der Waals surface area contributed by atoms with Gasteiger partial charge < -0.3 is 10.2 Å². The molecule has 0 atom stereocenters. The Kier molecular flexibility index (Phi) is 7.08. The molecule has 1 heterocycles. The van der Waals surface area contributed by atoms with Gasteiger partial charge in [0.2, 0.25) is 5.91 Å². The first kappa shape index (κ1) is 19.2. The van der Waals surface area contributed by atoms with Crippen LogP contribution in [0, 0.1) is 5.41 Å². The number of hydrogen-bond acceptors (Lipinski definition) is 3. The summed E-state index contributed by atoms with van der Waals surface area (Å²) < 4.78 is 0. The largest absolute Gasteiger partial charge is 0.325 e. The van der Waals surface area contributed by atoms with Crippen molar-refractivity contribution < 1.29 is 4.79 Å². The van der Waals surface area contributed by atoms with E-state index >= 15 is 0 Å². The zero-order valence-corrected chi connectivity index (χ0v) is 15.9. The molecule has 1 aliphatic rings. The van der Waals surface area contributed by atoms with Crippen molar-refractivity contribution in [3.8, 4) is 0 Å². The van der Waals surface area contributed by atoms with E-state index in [0.29, 0.717) is 17.0 Å². The minimum atomic E-state index is 0.0282. The van der Waals surface area contributed by atoms with Crippen LogP contribution in [-0.2, 0) is 4.79 Å². The predicted molar refractivity (Wildman–Crippen MR) is 102 cm³/mol. The number of nitrogens with one attached hydrogen (secondary N) is 1. The van der Waals surface area contributed by atoms with Gasteiger partial charge in [-0.05, 0) is 56.1 Å². The summed E-state index contributed by atoms with van der Waals surface area (Å²) in [7, 11) is 0. The van der Waals surface area contributed by atoms with E-state index in [1.54, 1.807) is 12.1 Å². The topological polar surface area (TPSA) is 35.6 Å². The molecule has 1 saturated heterocycles. The number of benzene rings is 1. The van der Waals surface area contributed by atoms with Gasteiger partial charge in [-0.25, -0.2) is 0 Å². The molecule has 24 heavy (non-hydrogen) atoms. The van der Waals surface area contributed by atoms with Crippen LogP contribution in [0.5, 0.6) is 0 Å². The normalized spacial score (nSPS) is 17.5. The fourth-order valence-corrected chi connectivity index (χ4v) is 3.06. The van der Waals surface area contributed by atoms with Crippen molar-refractivity contribution in [1.29, 1.82) is 0 Å². The maximum absolute atomic E-state index is 12.2. The average Bonchev–Trinajstić information content (AvgIpc) is 2.69. The summed E-state index contributed by atoms with van der Waals surface area (Å²) in [5.74, 6) is 0.0282. The molecule has 0 aromatic heterocycles. The van der Waals surface area contributed by atoms with Crippen molar-refractivity contribution in [2.75, 3.05) is 44.6 Å². The monoisotopic (exact) mass is 351 g/mol. The molecule has 1 aromatic rings. The van der Waals surface area contributed by atoms with Gasteiger partial charge in [0.15, 0.2) is 0 Å². The molecule has 0 radical (unpaired) electrons. The molecule has 1 amide bonds. The first-order valence-electron chi connectivity index (χ1n) is 8.82. The number of carbonyl (C=O) groups is 1. The van der Waals surface area contributed by atoms with E-state index in [-0.39, 0.29) is 5.91 Å². The Balaban J connectivity index is 1.76.